The van der Waals surface area contributed by atoms with Crippen molar-refractivity contribution in [3.8, 4) is 0 Å². The lowest BCUT2D eigenvalue weighted by atomic mass is 9.94. The van der Waals surface area contributed by atoms with E-state index in [1.54, 1.807) is 12.1 Å². The zero-order valence-electron chi connectivity index (χ0n) is 14.9. The molecule has 1 aromatic rings. The van der Waals surface area contributed by atoms with Gasteiger partial charge in [-0.1, -0.05) is 13.0 Å². The van der Waals surface area contributed by atoms with Crippen LogP contribution in [-0.2, 0) is 35.1 Å². The molecule has 2 heterocycles. The van der Waals surface area contributed by atoms with E-state index in [-0.39, 0.29) is 25.0 Å². The summed E-state index contributed by atoms with van der Waals surface area (Å²) in [6, 6.07) is 5.25. The van der Waals surface area contributed by atoms with Gasteiger partial charge in [0.1, 0.15) is 0 Å². The third-order valence-corrected chi connectivity index (χ3v) is 4.57. The minimum Gasteiger partial charge on any atom is -0.478 e. The summed E-state index contributed by atoms with van der Waals surface area (Å²) in [4.78, 5) is 48.6. The van der Waals surface area contributed by atoms with Gasteiger partial charge < -0.3 is 24.8 Å². The number of ether oxygens (including phenoxy) is 2. The van der Waals surface area contributed by atoms with Crippen LogP contribution < -0.4 is 10.2 Å². The van der Waals surface area contributed by atoms with Gasteiger partial charge in [0.2, 0.25) is 12.0 Å². The molecule has 2 aliphatic rings. The molecule has 2 amide bonds. The molecule has 1 fully saturated rings. The largest absolute Gasteiger partial charge is 0.478 e. The van der Waals surface area contributed by atoms with E-state index in [2.05, 4.69) is 5.32 Å². The average molecular weight is 376 g/mol. The van der Waals surface area contributed by atoms with Crippen molar-refractivity contribution < 1.29 is 33.8 Å². The molecular formula is C18H20N2O7. The quantitative estimate of drug-likeness (QED) is 0.737. The van der Waals surface area contributed by atoms with Crippen LogP contribution >= 0.6 is 0 Å². The Hall–Kier alpha value is -2.94. The predicted octanol–water partition coefficient (Wildman–Crippen LogP) is 0.565. The molecule has 2 N–H and O–H groups in total. The van der Waals surface area contributed by atoms with Crippen LogP contribution in [0, 0.1) is 5.92 Å². The van der Waals surface area contributed by atoms with Crippen molar-refractivity contribution in [3.05, 3.63) is 23.8 Å². The van der Waals surface area contributed by atoms with Crippen molar-refractivity contribution >= 4 is 35.1 Å². The Bertz CT molecular complexity index is 807. The number of nitrogens with zero attached hydrogens (tertiary/aromatic N) is 1. The van der Waals surface area contributed by atoms with Gasteiger partial charge in [-0.05, 0) is 24.1 Å². The Morgan fingerprint density at radius 3 is 2.78 bits per heavy atom. The van der Waals surface area contributed by atoms with Crippen LogP contribution in [0.1, 0.15) is 19.4 Å². The number of aliphatic carboxylic acids is 1. The molecule has 1 unspecified atom stereocenters. The zero-order chi connectivity index (χ0) is 19.7. The molecule has 3 atom stereocenters. The Labute approximate surface area is 155 Å². The minimum absolute atomic E-state index is 0.0852. The van der Waals surface area contributed by atoms with E-state index >= 15 is 0 Å². The molecule has 27 heavy (non-hydrogen) atoms. The third-order valence-electron chi connectivity index (χ3n) is 4.57. The molecule has 9 nitrogen and oxygen atoms in total. The number of esters is 1. The molecule has 0 radical (unpaired) electrons. The fraction of sp³-hybridized carbons (Fsp3) is 0.444. The van der Waals surface area contributed by atoms with Crippen LogP contribution in [0.4, 0.5) is 11.4 Å². The van der Waals surface area contributed by atoms with Crippen molar-refractivity contribution in [1.82, 2.24) is 0 Å². The maximum Gasteiger partial charge on any atom is 0.348 e. The molecule has 1 aromatic carbocycles. The lowest BCUT2D eigenvalue weighted by Gasteiger charge is -2.35. The molecule has 0 aromatic heterocycles. The first kappa shape index (κ1) is 18.8. The molecule has 0 spiro atoms. The number of carbonyl (C=O) groups excluding carboxylic acids is 3. The van der Waals surface area contributed by atoms with E-state index in [9.17, 15) is 24.3 Å². The van der Waals surface area contributed by atoms with Crippen molar-refractivity contribution in [2.75, 3.05) is 23.4 Å². The summed E-state index contributed by atoms with van der Waals surface area (Å²) in [5.41, 5.74) is 2.10. The summed E-state index contributed by atoms with van der Waals surface area (Å²) in [7, 11) is 0. The summed E-state index contributed by atoms with van der Waals surface area (Å²) in [5.74, 6) is -3.12. The number of anilines is 2. The van der Waals surface area contributed by atoms with Crippen LogP contribution in [0.3, 0.4) is 0 Å². The third kappa shape index (κ3) is 3.77. The topological polar surface area (TPSA) is 122 Å². The molecule has 3 rings (SSSR count). The highest BCUT2D eigenvalue weighted by atomic mass is 16.6. The van der Waals surface area contributed by atoms with Gasteiger partial charge >= 0.3 is 11.9 Å². The van der Waals surface area contributed by atoms with Crippen LogP contribution in [0.25, 0.3) is 0 Å². The maximum atomic E-state index is 12.8. The van der Waals surface area contributed by atoms with Crippen molar-refractivity contribution in [2.45, 2.75) is 32.5 Å². The summed E-state index contributed by atoms with van der Waals surface area (Å²) < 4.78 is 10.0. The normalized spacial score (nSPS) is 23.3. The summed E-state index contributed by atoms with van der Waals surface area (Å²) in [6.45, 7) is 3.20. The Morgan fingerprint density at radius 2 is 2.11 bits per heavy atom. The summed E-state index contributed by atoms with van der Waals surface area (Å²) in [6.07, 6.45) is -2.56. The molecule has 1 saturated heterocycles. The van der Waals surface area contributed by atoms with Gasteiger partial charge in [-0.25, -0.2) is 4.79 Å². The maximum absolute atomic E-state index is 12.8. The van der Waals surface area contributed by atoms with Gasteiger partial charge in [0.05, 0.1) is 6.61 Å². The molecule has 2 aliphatic heterocycles. The first-order valence-electron chi connectivity index (χ1n) is 8.54. The summed E-state index contributed by atoms with van der Waals surface area (Å²) in [5, 5.41) is 12.1. The Kier molecular flexibility index (Phi) is 5.13. The van der Waals surface area contributed by atoms with E-state index < -0.39 is 30.1 Å². The van der Waals surface area contributed by atoms with Gasteiger partial charge in [0.25, 0.3) is 5.91 Å². The number of carbonyl (C=O) groups is 4. The van der Waals surface area contributed by atoms with Crippen molar-refractivity contribution in [2.24, 2.45) is 5.92 Å². The number of hydrogen-bond acceptors (Lipinski definition) is 6. The second kappa shape index (κ2) is 7.36. The summed E-state index contributed by atoms with van der Waals surface area (Å²) >= 11 is 0. The number of morpholine rings is 1. The van der Waals surface area contributed by atoms with Gasteiger partial charge in [-0.15, -0.1) is 0 Å². The van der Waals surface area contributed by atoms with E-state index in [4.69, 9.17) is 9.47 Å². The second-order valence-corrected chi connectivity index (χ2v) is 6.59. The first-order chi connectivity index (χ1) is 12.8. The van der Waals surface area contributed by atoms with Gasteiger partial charge in [-0.3, -0.25) is 14.4 Å². The second-order valence-electron chi connectivity index (χ2n) is 6.59. The first-order valence-corrected chi connectivity index (χ1v) is 8.54. The lowest BCUT2D eigenvalue weighted by Crippen LogP contribution is -2.55. The molecule has 9 heteroatoms. The smallest absolute Gasteiger partial charge is 0.348 e. The SMILES string of the molecule is CC(=O)O[C@@H](C(=O)O)[C@H]1OCCN(c2ccc3c(c2)NC(=O)C(C)C3)C1=O. The lowest BCUT2D eigenvalue weighted by molar-refractivity contribution is -0.177. The molecule has 0 aliphatic carbocycles. The fourth-order valence-electron chi connectivity index (χ4n) is 3.20. The number of carboxylic acids is 1. The highest BCUT2D eigenvalue weighted by Gasteiger charge is 2.42. The number of hydrogen-bond donors (Lipinski definition) is 2. The Morgan fingerprint density at radius 1 is 1.37 bits per heavy atom. The van der Waals surface area contributed by atoms with E-state index in [1.807, 2.05) is 13.0 Å². The molecule has 144 valence electrons. The monoisotopic (exact) mass is 376 g/mol. The van der Waals surface area contributed by atoms with E-state index in [1.165, 1.54) is 4.90 Å². The van der Waals surface area contributed by atoms with Crippen molar-refractivity contribution in [1.29, 1.82) is 0 Å². The van der Waals surface area contributed by atoms with Gasteiger partial charge in [0.15, 0.2) is 6.10 Å². The number of nitrogens with one attached hydrogen (secondary N) is 1. The standard InChI is InChI=1S/C18H20N2O7/c1-9-7-11-3-4-12(8-13(11)19-16(9)22)20-5-6-26-14(17(20)23)15(18(24)25)27-10(2)21/h3-4,8-9,14-15H,5-7H2,1-2H3,(H,19,22)(H,24,25)/t9?,14-,15-/m1/s1. The van der Waals surface area contributed by atoms with Crippen LogP contribution in [0.5, 0.6) is 0 Å². The number of benzene rings is 1. The van der Waals surface area contributed by atoms with Crippen LogP contribution in [-0.4, -0.2) is 54.2 Å². The van der Waals surface area contributed by atoms with E-state index in [0.29, 0.717) is 17.8 Å². The highest BCUT2D eigenvalue weighted by molar-refractivity contribution is 6.02. The molecular weight excluding hydrogens is 356 g/mol. The molecule has 0 bridgehead atoms. The number of rotatable bonds is 4. The van der Waals surface area contributed by atoms with E-state index in [0.717, 1.165) is 12.5 Å². The van der Waals surface area contributed by atoms with Gasteiger partial charge in [0, 0.05) is 30.8 Å². The van der Waals surface area contributed by atoms with Crippen LogP contribution in [0.2, 0.25) is 0 Å². The highest BCUT2D eigenvalue weighted by Crippen LogP contribution is 2.31. The molecule has 0 saturated carbocycles. The number of fused-ring (bicyclic) bond motifs is 1. The van der Waals surface area contributed by atoms with Crippen LogP contribution in [0.15, 0.2) is 18.2 Å². The Balaban J connectivity index is 1.86. The number of amides is 2. The zero-order valence-corrected chi connectivity index (χ0v) is 14.9. The average Bonchev–Trinajstić information content (AvgIpc) is 2.60. The minimum atomic E-state index is -1.73. The fourth-order valence-corrected chi connectivity index (χ4v) is 3.20. The van der Waals surface area contributed by atoms with Crippen molar-refractivity contribution in [3.63, 3.8) is 0 Å². The van der Waals surface area contributed by atoms with Gasteiger partial charge in [-0.2, -0.15) is 0 Å². The number of carboxylic acid groups (broad SMARTS) is 1. The predicted molar refractivity (Wildman–Crippen MR) is 93.2 cm³/mol.